The van der Waals surface area contributed by atoms with Crippen LogP contribution in [0.2, 0.25) is 0 Å². The van der Waals surface area contributed by atoms with Gasteiger partial charge in [0.05, 0.1) is 5.69 Å². The van der Waals surface area contributed by atoms with E-state index in [1.807, 2.05) is 0 Å². The Morgan fingerprint density at radius 2 is 1.73 bits per heavy atom. The van der Waals surface area contributed by atoms with E-state index in [1.54, 1.807) is 0 Å². The lowest BCUT2D eigenvalue weighted by atomic mass is 10.2. The van der Waals surface area contributed by atoms with Crippen LogP contribution in [0.4, 0.5) is 20.2 Å². The number of rotatable bonds is 3. The molecule has 0 unspecified atom stereocenters. The van der Waals surface area contributed by atoms with Gasteiger partial charge in [-0.1, -0.05) is 0 Å². The molecule has 0 spiro atoms. The van der Waals surface area contributed by atoms with Crippen LogP contribution in [0.15, 0.2) is 41.3 Å². The number of sulfonamides is 1. The van der Waals surface area contributed by atoms with E-state index in [9.17, 15) is 22.0 Å². The number of hydrogen-bond acceptors (Lipinski definition) is 4. The Labute approximate surface area is 124 Å². The van der Waals surface area contributed by atoms with E-state index in [-0.39, 0.29) is 16.9 Å². The van der Waals surface area contributed by atoms with Gasteiger partial charge in [-0.3, -0.25) is 4.79 Å². The van der Waals surface area contributed by atoms with Crippen molar-refractivity contribution >= 4 is 27.3 Å². The van der Waals surface area contributed by atoms with Gasteiger partial charge in [0.25, 0.3) is 5.91 Å². The summed E-state index contributed by atoms with van der Waals surface area (Å²) in [6.45, 7) is 0. The smallest absolute Gasteiger partial charge is 0.255 e. The van der Waals surface area contributed by atoms with E-state index in [0.717, 1.165) is 24.3 Å². The number of amides is 1. The molecule has 2 aromatic carbocycles. The van der Waals surface area contributed by atoms with Crippen LogP contribution >= 0.6 is 0 Å². The summed E-state index contributed by atoms with van der Waals surface area (Å²) in [5.74, 6) is -2.90. The van der Waals surface area contributed by atoms with Crippen molar-refractivity contribution in [3.63, 3.8) is 0 Å². The Kier molecular flexibility index (Phi) is 4.11. The van der Waals surface area contributed by atoms with Crippen molar-refractivity contribution in [2.45, 2.75) is 4.90 Å². The van der Waals surface area contributed by atoms with E-state index in [0.29, 0.717) is 0 Å². The molecule has 0 atom stereocenters. The second-order valence-electron chi connectivity index (χ2n) is 4.38. The summed E-state index contributed by atoms with van der Waals surface area (Å²) >= 11 is 0. The first-order chi connectivity index (χ1) is 10.2. The first-order valence-corrected chi connectivity index (χ1v) is 7.42. The van der Waals surface area contributed by atoms with E-state index >= 15 is 0 Å². The molecule has 6 nitrogen and oxygen atoms in total. The average molecular weight is 327 g/mol. The molecule has 1 amide bonds. The number of anilines is 2. The second-order valence-corrected chi connectivity index (χ2v) is 5.91. The number of halogens is 2. The summed E-state index contributed by atoms with van der Waals surface area (Å²) in [6, 6.07) is 6.29. The number of nitrogens with two attached hydrogens (primary N) is 2. The van der Waals surface area contributed by atoms with Crippen LogP contribution < -0.4 is 16.2 Å². The van der Waals surface area contributed by atoms with Crippen molar-refractivity contribution in [3.8, 4) is 0 Å². The number of benzene rings is 2. The molecule has 116 valence electrons. The lowest BCUT2D eigenvalue weighted by Gasteiger charge is -2.08. The zero-order valence-electron chi connectivity index (χ0n) is 11.0. The predicted octanol–water partition coefficient (Wildman–Crippen LogP) is 1.45. The fourth-order valence-corrected chi connectivity index (χ4v) is 2.39. The van der Waals surface area contributed by atoms with E-state index < -0.39 is 32.5 Å². The highest BCUT2D eigenvalue weighted by Gasteiger charge is 2.16. The van der Waals surface area contributed by atoms with Crippen molar-refractivity contribution < 1.29 is 22.0 Å². The summed E-state index contributed by atoms with van der Waals surface area (Å²) in [5, 5.41) is 7.29. The van der Waals surface area contributed by atoms with Crippen LogP contribution in [0, 0.1) is 11.6 Å². The van der Waals surface area contributed by atoms with Crippen molar-refractivity contribution in [1.82, 2.24) is 0 Å². The minimum atomic E-state index is -4.09. The molecule has 9 heteroatoms. The summed E-state index contributed by atoms with van der Waals surface area (Å²) in [5.41, 5.74) is 5.34. The van der Waals surface area contributed by atoms with Crippen LogP contribution in [0.25, 0.3) is 0 Å². The van der Waals surface area contributed by atoms with Gasteiger partial charge in [0.1, 0.15) is 4.90 Å². The lowest BCUT2D eigenvalue weighted by Crippen LogP contribution is -2.17. The number of hydrogen-bond donors (Lipinski definition) is 3. The SMILES string of the molecule is Nc1ccc(C(=O)Nc2ccc(F)c(F)c2)cc1S(N)(=O)=O. The number of carbonyl (C=O) groups excluding carboxylic acids is 1. The third kappa shape index (κ3) is 3.38. The Balaban J connectivity index is 2.32. The first kappa shape index (κ1) is 15.9. The Morgan fingerprint density at radius 1 is 1.05 bits per heavy atom. The maximum absolute atomic E-state index is 13.1. The quantitative estimate of drug-likeness (QED) is 0.740. The normalized spacial score (nSPS) is 11.2. The van der Waals surface area contributed by atoms with E-state index in [4.69, 9.17) is 10.9 Å². The van der Waals surface area contributed by atoms with Gasteiger partial charge in [0, 0.05) is 17.3 Å². The molecule has 2 rings (SSSR count). The van der Waals surface area contributed by atoms with Gasteiger partial charge in [0.15, 0.2) is 11.6 Å². The highest BCUT2D eigenvalue weighted by molar-refractivity contribution is 7.89. The Bertz CT molecular complexity index is 854. The average Bonchev–Trinajstić information content (AvgIpc) is 2.42. The fourth-order valence-electron chi connectivity index (χ4n) is 1.70. The fraction of sp³-hybridized carbons (Fsp3) is 0. The monoisotopic (exact) mass is 327 g/mol. The van der Waals surface area contributed by atoms with Crippen LogP contribution in [0.5, 0.6) is 0 Å². The molecule has 0 saturated carbocycles. The minimum Gasteiger partial charge on any atom is -0.398 e. The maximum Gasteiger partial charge on any atom is 0.255 e. The van der Waals surface area contributed by atoms with Gasteiger partial charge in [-0.25, -0.2) is 22.3 Å². The molecular formula is C13H11F2N3O3S. The summed E-state index contributed by atoms with van der Waals surface area (Å²) in [4.78, 5) is 11.6. The molecule has 5 N–H and O–H groups in total. The predicted molar refractivity (Wildman–Crippen MR) is 76.5 cm³/mol. The molecule has 0 aliphatic rings. The van der Waals surface area contributed by atoms with Crippen molar-refractivity contribution in [2.24, 2.45) is 5.14 Å². The van der Waals surface area contributed by atoms with Gasteiger partial charge in [-0.15, -0.1) is 0 Å². The molecule has 0 bridgehead atoms. The number of primary sulfonamides is 1. The van der Waals surface area contributed by atoms with Gasteiger partial charge < -0.3 is 11.1 Å². The summed E-state index contributed by atoms with van der Waals surface area (Å²) < 4.78 is 48.6. The first-order valence-electron chi connectivity index (χ1n) is 5.87. The molecule has 0 aliphatic carbocycles. The zero-order chi connectivity index (χ0) is 16.5. The highest BCUT2D eigenvalue weighted by atomic mass is 32.2. The van der Waals surface area contributed by atoms with Gasteiger partial charge in [-0.2, -0.15) is 0 Å². The number of carbonyl (C=O) groups is 1. The van der Waals surface area contributed by atoms with Gasteiger partial charge in [-0.05, 0) is 30.3 Å². The van der Waals surface area contributed by atoms with Crippen molar-refractivity contribution in [2.75, 3.05) is 11.1 Å². The van der Waals surface area contributed by atoms with Crippen molar-refractivity contribution in [3.05, 3.63) is 53.6 Å². The molecule has 0 radical (unpaired) electrons. The molecule has 0 fully saturated rings. The maximum atomic E-state index is 13.1. The molecule has 0 heterocycles. The minimum absolute atomic E-state index is 0.0119. The molecular weight excluding hydrogens is 316 g/mol. The molecule has 0 saturated heterocycles. The molecule has 2 aromatic rings. The molecule has 0 aromatic heterocycles. The van der Waals surface area contributed by atoms with Crippen LogP contribution in [-0.4, -0.2) is 14.3 Å². The van der Waals surface area contributed by atoms with Crippen molar-refractivity contribution in [1.29, 1.82) is 0 Å². The molecule has 22 heavy (non-hydrogen) atoms. The van der Waals surface area contributed by atoms with Gasteiger partial charge in [0.2, 0.25) is 10.0 Å². The number of nitrogens with one attached hydrogen (secondary N) is 1. The Morgan fingerprint density at radius 3 is 2.32 bits per heavy atom. The second kappa shape index (κ2) is 5.70. The van der Waals surface area contributed by atoms with E-state index in [1.165, 1.54) is 12.1 Å². The third-order valence-corrected chi connectivity index (χ3v) is 3.73. The topological polar surface area (TPSA) is 115 Å². The standard InChI is InChI=1S/C13H11F2N3O3S/c14-9-3-2-8(6-10(9)15)18-13(19)7-1-4-11(16)12(5-7)22(17,20)21/h1-6H,16H2,(H,18,19)(H2,17,20,21). The van der Waals surface area contributed by atoms with Gasteiger partial charge >= 0.3 is 0 Å². The lowest BCUT2D eigenvalue weighted by molar-refractivity contribution is 0.102. The van der Waals surface area contributed by atoms with E-state index in [2.05, 4.69) is 5.32 Å². The zero-order valence-corrected chi connectivity index (χ0v) is 11.8. The third-order valence-electron chi connectivity index (χ3n) is 2.76. The highest BCUT2D eigenvalue weighted by Crippen LogP contribution is 2.20. The summed E-state index contributed by atoms with van der Waals surface area (Å²) in [6.07, 6.45) is 0. The number of nitrogen functional groups attached to an aromatic ring is 1. The van der Waals surface area contributed by atoms with Crippen LogP contribution in [0.1, 0.15) is 10.4 Å². The molecule has 0 aliphatic heterocycles. The van der Waals surface area contributed by atoms with Crippen LogP contribution in [-0.2, 0) is 10.0 Å². The largest absolute Gasteiger partial charge is 0.398 e. The Hall–Kier alpha value is -2.52. The summed E-state index contributed by atoms with van der Waals surface area (Å²) in [7, 11) is -4.09. The van der Waals surface area contributed by atoms with Crippen LogP contribution in [0.3, 0.4) is 0 Å².